The molecule has 2 N–H and O–H groups in total. The summed E-state index contributed by atoms with van der Waals surface area (Å²) in [6.45, 7) is 10.5. The third-order valence-electron chi connectivity index (χ3n) is 4.13. The highest BCUT2D eigenvalue weighted by Gasteiger charge is 2.28. The fourth-order valence-corrected chi connectivity index (χ4v) is 2.62. The third-order valence-corrected chi connectivity index (χ3v) is 4.13. The Morgan fingerprint density at radius 1 is 1.25 bits per heavy atom. The maximum atomic E-state index is 12.0. The Kier molecular flexibility index (Phi) is 6.96. The summed E-state index contributed by atoms with van der Waals surface area (Å²) in [5, 5.41) is 13.0. The lowest BCUT2D eigenvalue weighted by atomic mass is 9.94. The van der Waals surface area contributed by atoms with Gasteiger partial charge in [-0.15, -0.1) is 0 Å². The van der Waals surface area contributed by atoms with Gasteiger partial charge in [-0.05, 0) is 39.0 Å². The minimum absolute atomic E-state index is 0.114. The minimum atomic E-state index is -0.545. The largest absolute Gasteiger partial charge is 0.390 e. The van der Waals surface area contributed by atoms with Gasteiger partial charge in [0.05, 0.1) is 12.1 Å². The molecular weight excluding hydrogens is 252 g/mol. The molecule has 0 aromatic heterocycles. The summed E-state index contributed by atoms with van der Waals surface area (Å²) in [4.78, 5) is 14.1. The second kappa shape index (κ2) is 7.99. The van der Waals surface area contributed by atoms with Crippen LogP contribution in [0.4, 0.5) is 0 Å². The summed E-state index contributed by atoms with van der Waals surface area (Å²) < 4.78 is 0. The molecule has 1 aliphatic rings. The molecule has 1 unspecified atom stereocenters. The SMILES string of the molecule is CC(C)CCCC(C)NC(=O)CN1CCC(C)(O)CC1. The Morgan fingerprint density at radius 3 is 2.40 bits per heavy atom. The molecule has 0 aliphatic carbocycles. The van der Waals surface area contributed by atoms with E-state index in [0.29, 0.717) is 6.54 Å². The van der Waals surface area contributed by atoms with E-state index >= 15 is 0 Å². The Morgan fingerprint density at radius 2 is 1.85 bits per heavy atom. The molecule has 1 heterocycles. The van der Waals surface area contributed by atoms with Crippen molar-refractivity contribution in [1.29, 1.82) is 0 Å². The second-order valence-electron chi connectivity index (χ2n) is 7.07. The van der Waals surface area contributed by atoms with Crippen molar-refractivity contribution in [2.24, 2.45) is 5.92 Å². The number of piperidine rings is 1. The van der Waals surface area contributed by atoms with Crippen molar-refractivity contribution in [3.8, 4) is 0 Å². The molecule has 1 rings (SSSR count). The normalized spacial score (nSPS) is 20.9. The highest BCUT2D eigenvalue weighted by molar-refractivity contribution is 5.78. The van der Waals surface area contributed by atoms with E-state index in [0.717, 1.165) is 38.3 Å². The molecule has 4 nitrogen and oxygen atoms in total. The summed E-state index contributed by atoms with van der Waals surface area (Å²) in [6.07, 6.45) is 4.96. The van der Waals surface area contributed by atoms with E-state index in [1.807, 2.05) is 6.92 Å². The highest BCUT2D eigenvalue weighted by Crippen LogP contribution is 2.20. The van der Waals surface area contributed by atoms with Crippen molar-refractivity contribution in [3.63, 3.8) is 0 Å². The predicted octanol–water partition coefficient (Wildman–Crippen LogP) is 2.16. The first kappa shape index (κ1) is 17.4. The first-order chi connectivity index (χ1) is 9.28. The number of amides is 1. The van der Waals surface area contributed by atoms with Gasteiger partial charge >= 0.3 is 0 Å². The lowest BCUT2D eigenvalue weighted by Gasteiger charge is -2.35. The molecule has 20 heavy (non-hydrogen) atoms. The molecule has 1 saturated heterocycles. The summed E-state index contributed by atoms with van der Waals surface area (Å²) in [6, 6.07) is 0.258. The zero-order valence-corrected chi connectivity index (χ0v) is 13.6. The van der Waals surface area contributed by atoms with Crippen LogP contribution in [-0.2, 0) is 4.79 Å². The zero-order valence-electron chi connectivity index (χ0n) is 13.6. The Hall–Kier alpha value is -0.610. The standard InChI is InChI=1S/C16H32N2O2/c1-13(2)6-5-7-14(3)17-15(19)12-18-10-8-16(4,20)9-11-18/h13-14,20H,5-12H2,1-4H3,(H,17,19). The predicted molar refractivity (Wildman–Crippen MR) is 82.6 cm³/mol. The summed E-state index contributed by atoms with van der Waals surface area (Å²) in [5.41, 5.74) is -0.545. The molecule has 118 valence electrons. The molecule has 0 saturated carbocycles. The smallest absolute Gasteiger partial charge is 0.234 e. The van der Waals surface area contributed by atoms with Crippen LogP contribution in [0.15, 0.2) is 0 Å². The van der Waals surface area contributed by atoms with Gasteiger partial charge in [-0.3, -0.25) is 9.69 Å². The minimum Gasteiger partial charge on any atom is -0.390 e. The van der Waals surface area contributed by atoms with Crippen molar-refractivity contribution in [3.05, 3.63) is 0 Å². The molecule has 0 bridgehead atoms. The molecule has 1 fully saturated rings. The number of hydrogen-bond donors (Lipinski definition) is 2. The van der Waals surface area contributed by atoms with Crippen LogP contribution in [0.2, 0.25) is 0 Å². The molecule has 1 atom stereocenters. The van der Waals surface area contributed by atoms with Gasteiger partial charge in [-0.2, -0.15) is 0 Å². The van der Waals surface area contributed by atoms with E-state index in [-0.39, 0.29) is 11.9 Å². The third kappa shape index (κ3) is 7.25. The highest BCUT2D eigenvalue weighted by atomic mass is 16.3. The maximum Gasteiger partial charge on any atom is 0.234 e. The van der Waals surface area contributed by atoms with E-state index in [2.05, 4.69) is 31.0 Å². The number of likely N-dealkylation sites (tertiary alicyclic amines) is 1. The number of carbonyl (C=O) groups excluding carboxylic acids is 1. The molecule has 0 aromatic carbocycles. The van der Waals surface area contributed by atoms with Gasteiger partial charge in [0.15, 0.2) is 0 Å². The number of nitrogens with zero attached hydrogens (tertiary/aromatic N) is 1. The summed E-state index contributed by atoms with van der Waals surface area (Å²) in [5.74, 6) is 0.850. The van der Waals surface area contributed by atoms with Gasteiger partial charge in [0, 0.05) is 19.1 Å². The zero-order chi connectivity index (χ0) is 15.2. The first-order valence-electron chi connectivity index (χ1n) is 8.02. The topological polar surface area (TPSA) is 52.6 Å². The molecule has 0 aromatic rings. The molecule has 0 radical (unpaired) electrons. The average Bonchev–Trinajstić information content (AvgIpc) is 2.31. The van der Waals surface area contributed by atoms with Crippen LogP contribution in [0.5, 0.6) is 0 Å². The molecule has 4 heteroatoms. The summed E-state index contributed by atoms with van der Waals surface area (Å²) in [7, 11) is 0. The van der Waals surface area contributed by atoms with Crippen LogP contribution < -0.4 is 5.32 Å². The van der Waals surface area contributed by atoms with Crippen molar-refractivity contribution in [2.75, 3.05) is 19.6 Å². The van der Waals surface area contributed by atoms with E-state index < -0.39 is 5.60 Å². The van der Waals surface area contributed by atoms with Crippen LogP contribution in [0, 0.1) is 5.92 Å². The fourth-order valence-electron chi connectivity index (χ4n) is 2.62. The second-order valence-corrected chi connectivity index (χ2v) is 7.07. The lowest BCUT2D eigenvalue weighted by Crippen LogP contribution is -2.47. The monoisotopic (exact) mass is 284 g/mol. The fraction of sp³-hybridized carbons (Fsp3) is 0.938. The number of rotatable bonds is 7. The van der Waals surface area contributed by atoms with Crippen LogP contribution in [0.3, 0.4) is 0 Å². The first-order valence-corrected chi connectivity index (χ1v) is 8.02. The maximum absolute atomic E-state index is 12.0. The lowest BCUT2D eigenvalue weighted by molar-refractivity contribution is -0.124. The number of carbonyl (C=O) groups is 1. The van der Waals surface area contributed by atoms with Crippen molar-refractivity contribution >= 4 is 5.91 Å². The van der Waals surface area contributed by atoms with Gasteiger partial charge in [0.1, 0.15) is 0 Å². The van der Waals surface area contributed by atoms with Gasteiger partial charge in [-0.1, -0.05) is 26.7 Å². The van der Waals surface area contributed by atoms with Crippen molar-refractivity contribution in [1.82, 2.24) is 10.2 Å². The molecular formula is C16H32N2O2. The van der Waals surface area contributed by atoms with Gasteiger partial charge in [0.2, 0.25) is 5.91 Å². The summed E-state index contributed by atoms with van der Waals surface area (Å²) >= 11 is 0. The molecule has 1 aliphatic heterocycles. The quantitative estimate of drug-likeness (QED) is 0.753. The van der Waals surface area contributed by atoms with Gasteiger partial charge < -0.3 is 10.4 Å². The number of nitrogens with one attached hydrogen (secondary N) is 1. The van der Waals surface area contributed by atoms with Crippen molar-refractivity contribution < 1.29 is 9.90 Å². The van der Waals surface area contributed by atoms with E-state index in [1.165, 1.54) is 12.8 Å². The van der Waals surface area contributed by atoms with Gasteiger partial charge in [0.25, 0.3) is 0 Å². The van der Waals surface area contributed by atoms with Crippen LogP contribution >= 0.6 is 0 Å². The van der Waals surface area contributed by atoms with E-state index in [4.69, 9.17) is 0 Å². The van der Waals surface area contributed by atoms with E-state index in [9.17, 15) is 9.90 Å². The Balaban J connectivity index is 2.16. The Labute approximate surface area is 123 Å². The van der Waals surface area contributed by atoms with Crippen LogP contribution in [0.1, 0.15) is 59.8 Å². The van der Waals surface area contributed by atoms with E-state index in [1.54, 1.807) is 0 Å². The molecule has 0 spiro atoms. The van der Waals surface area contributed by atoms with Crippen LogP contribution in [-0.4, -0.2) is 47.2 Å². The molecule has 1 amide bonds. The number of aliphatic hydroxyl groups is 1. The van der Waals surface area contributed by atoms with Crippen LogP contribution in [0.25, 0.3) is 0 Å². The Bertz CT molecular complexity index is 293. The number of hydrogen-bond acceptors (Lipinski definition) is 3. The van der Waals surface area contributed by atoms with Gasteiger partial charge in [-0.25, -0.2) is 0 Å². The van der Waals surface area contributed by atoms with Crippen molar-refractivity contribution in [2.45, 2.75) is 71.4 Å². The average molecular weight is 284 g/mol.